The van der Waals surface area contributed by atoms with Crippen molar-refractivity contribution in [3.63, 3.8) is 0 Å². The lowest BCUT2D eigenvalue weighted by molar-refractivity contribution is 0.718. The number of nitriles is 1. The van der Waals surface area contributed by atoms with E-state index in [2.05, 4.69) is 33.8 Å². The average molecular weight is 316 g/mol. The molecule has 0 aliphatic rings. The van der Waals surface area contributed by atoms with Gasteiger partial charge in [0, 0.05) is 17.6 Å². The number of halogens is 2. The van der Waals surface area contributed by atoms with Gasteiger partial charge in [0.15, 0.2) is 0 Å². The first-order valence-corrected chi connectivity index (χ1v) is 6.93. The van der Waals surface area contributed by atoms with Crippen molar-refractivity contribution in [2.24, 2.45) is 0 Å². The van der Waals surface area contributed by atoms with E-state index < -0.39 is 0 Å². The minimum atomic E-state index is 0.524. The van der Waals surface area contributed by atoms with E-state index in [-0.39, 0.29) is 0 Å². The van der Waals surface area contributed by atoms with Crippen LogP contribution >= 0.6 is 27.5 Å². The number of hydrogen-bond acceptors (Lipinski definition) is 2. The van der Waals surface area contributed by atoms with E-state index in [4.69, 9.17) is 16.9 Å². The Morgan fingerprint density at radius 2 is 2.18 bits per heavy atom. The number of unbranched alkanes of at least 4 members (excludes halogenated alkanes) is 1. The number of anilines is 1. The molecule has 0 amide bonds. The maximum absolute atomic E-state index is 8.68. The van der Waals surface area contributed by atoms with Crippen molar-refractivity contribution >= 4 is 33.2 Å². The van der Waals surface area contributed by atoms with E-state index >= 15 is 0 Å². The van der Waals surface area contributed by atoms with Gasteiger partial charge < -0.3 is 4.90 Å². The molecule has 0 unspecified atom stereocenters. The van der Waals surface area contributed by atoms with Gasteiger partial charge >= 0.3 is 0 Å². The lowest BCUT2D eigenvalue weighted by Crippen LogP contribution is -2.25. The Hall–Kier alpha value is -0.720. The monoisotopic (exact) mass is 314 g/mol. The number of hydrogen-bond donors (Lipinski definition) is 0. The zero-order chi connectivity index (χ0) is 12.7. The quantitative estimate of drug-likeness (QED) is 0.765. The fraction of sp³-hybridized carbons (Fsp3) is 0.462. The highest BCUT2D eigenvalue weighted by molar-refractivity contribution is 9.10. The Labute approximate surface area is 116 Å². The summed E-state index contributed by atoms with van der Waals surface area (Å²) >= 11 is 9.62. The molecule has 0 fully saturated rings. The largest absolute Gasteiger partial charge is 0.369 e. The zero-order valence-corrected chi connectivity index (χ0v) is 12.3. The summed E-state index contributed by atoms with van der Waals surface area (Å²) in [6, 6.07) is 8.05. The molecular formula is C13H16BrClN2. The fourth-order valence-corrected chi connectivity index (χ4v) is 2.42. The standard InChI is InChI=1S/C13H16BrClN2/c1-2-3-8-17(9-4-7-16)13-6-5-11(14)10-12(13)15/h5-6,10H,2-4,8-9H2,1H3. The van der Waals surface area contributed by atoms with Crippen LogP contribution in [-0.4, -0.2) is 13.1 Å². The molecule has 0 heterocycles. The molecule has 0 aromatic heterocycles. The van der Waals surface area contributed by atoms with Gasteiger partial charge in [-0.25, -0.2) is 0 Å². The summed E-state index contributed by atoms with van der Waals surface area (Å²) in [7, 11) is 0. The highest BCUT2D eigenvalue weighted by atomic mass is 79.9. The topological polar surface area (TPSA) is 27.0 Å². The van der Waals surface area contributed by atoms with E-state index in [0.717, 1.165) is 41.1 Å². The van der Waals surface area contributed by atoms with Crippen LogP contribution in [0.4, 0.5) is 5.69 Å². The molecule has 0 N–H and O–H groups in total. The van der Waals surface area contributed by atoms with Crippen LogP contribution in [0.15, 0.2) is 22.7 Å². The fourth-order valence-electron chi connectivity index (χ4n) is 1.62. The Balaban J connectivity index is 2.83. The molecule has 0 spiro atoms. The van der Waals surface area contributed by atoms with Gasteiger partial charge in [-0.05, 0) is 24.6 Å². The maximum atomic E-state index is 8.68. The van der Waals surface area contributed by atoms with Gasteiger partial charge in [0.25, 0.3) is 0 Å². The first-order chi connectivity index (χ1) is 8.19. The molecule has 1 aromatic rings. The number of rotatable bonds is 6. The molecule has 1 rings (SSSR count). The molecule has 1 aromatic carbocycles. The van der Waals surface area contributed by atoms with Gasteiger partial charge in [-0.15, -0.1) is 0 Å². The molecule has 0 saturated carbocycles. The van der Waals surface area contributed by atoms with E-state index in [0.29, 0.717) is 6.42 Å². The predicted molar refractivity (Wildman–Crippen MR) is 76.5 cm³/mol. The van der Waals surface area contributed by atoms with Crippen LogP contribution in [0.3, 0.4) is 0 Å². The van der Waals surface area contributed by atoms with Gasteiger partial charge in [0.05, 0.1) is 23.2 Å². The van der Waals surface area contributed by atoms with Crippen LogP contribution < -0.4 is 4.90 Å². The molecule has 0 aliphatic carbocycles. The first-order valence-electron chi connectivity index (χ1n) is 5.76. The van der Waals surface area contributed by atoms with Crippen molar-refractivity contribution < 1.29 is 0 Å². The molecule has 2 nitrogen and oxygen atoms in total. The highest BCUT2D eigenvalue weighted by Gasteiger charge is 2.09. The smallest absolute Gasteiger partial charge is 0.0650 e. The minimum absolute atomic E-state index is 0.524. The lowest BCUT2D eigenvalue weighted by Gasteiger charge is -2.24. The van der Waals surface area contributed by atoms with Crippen molar-refractivity contribution in [1.82, 2.24) is 0 Å². The highest BCUT2D eigenvalue weighted by Crippen LogP contribution is 2.29. The van der Waals surface area contributed by atoms with Crippen LogP contribution in [0.1, 0.15) is 26.2 Å². The van der Waals surface area contributed by atoms with Crippen molar-refractivity contribution in [3.05, 3.63) is 27.7 Å². The summed E-state index contributed by atoms with van der Waals surface area (Å²) in [6.07, 6.45) is 2.77. The molecule has 0 aliphatic heterocycles. The SMILES string of the molecule is CCCCN(CCC#N)c1ccc(Br)cc1Cl. The molecule has 0 atom stereocenters. The van der Waals surface area contributed by atoms with Crippen molar-refractivity contribution in [3.8, 4) is 6.07 Å². The molecule has 17 heavy (non-hydrogen) atoms. The maximum Gasteiger partial charge on any atom is 0.0650 e. The van der Waals surface area contributed by atoms with Gasteiger partial charge in [0.2, 0.25) is 0 Å². The summed E-state index contributed by atoms with van der Waals surface area (Å²) in [5.41, 5.74) is 1.01. The van der Waals surface area contributed by atoms with Crippen molar-refractivity contribution in [2.45, 2.75) is 26.2 Å². The minimum Gasteiger partial charge on any atom is -0.369 e. The molecule has 0 saturated heterocycles. The summed E-state index contributed by atoms with van der Waals surface area (Å²) in [5.74, 6) is 0. The molecule has 4 heteroatoms. The number of nitrogens with zero attached hydrogens (tertiary/aromatic N) is 2. The van der Waals surface area contributed by atoms with E-state index in [1.165, 1.54) is 0 Å². The molecule has 0 bridgehead atoms. The summed E-state index contributed by atoms with van der Waals surface area (Å²) in [5, 5.41) is 9.41. The third-order valence-electron chi connectivity index (χ3n) is 2.53. The number of benzene rings is 1. The molecule has 92 valence electrons. The van der Waals surface area contributed by atoms with E-state index in [1.54, 1.807) is 0 Å². The van der Waals surface area contributed by atoms with Crippen molar-refractivity contribution in [2.75, 3.05) is 18.0 Å². The van der Waals surface area contributed by atoms with E-state index in [1.807, 2.05) is 18.2 Å². The summed E-state index contributed by atoms with van der Waals surface area (Å²) < 4.78 is 0.974. The Morgan fingerprint density at radius 1 is 1.41 bits per heavy atom. The summed E-state index contributed by atoms with van der Waals surface area (Å²) in [4.78, 5) is 2.18. The van der Waals surface area contributed by atoms with Gasteiger partial charge in [-0.1, -0.05) is 40.9 Å². The Bertz CT molecular complexity index is 401. The van der Waals surface area contributed by atoms with Crippen LogP contribution in [0.25, 0.3) is 0 Å². The van der Waals surface area contributed by atoms with Crippen LogP contribution in [0, 0.1) is 11.3 Å². The van der Waals surface area contributed by atoms with Crippen LogP contribution in [0.2, 0.25) is 5.02 Å². The third kappa shape index (κ3) is 4.57. The molecule has 0 radical (unpaired) electrons. The second-order valence-corrected chi connectivity index (χ2v) is 5.17. The Kier molecular flexibility index (Phi) is 6.39. The summed E-state index contributed by atoms with van der Waals surface area (Å²) in [6.45, 7) is 3.84. The van der Waals surface area contributed by atoms with Gasteiger partial charge in [-0.2, -0.15) is 5.26 Å². The van der Waals surface area contributed by atoms with Crippen LogP contribution in [0.5, 0.6) is 0 Å². The van der Waals surface area contributed by atoms with Gasteiger partial charge in [0.1, 0.15) is 0 Å². The van der Waals surface area contributed by atoms with E-state index in [9.17, 15) is 0 Å². The zero-order valence-electron chi connectivity index (χ0n) is 9.92. The average Bonchev–Trinajstić information content (AvgIpc) is 2.30. The first kappa shape index (κ1) is 14.3. The van der Waals surface area contributed by atoms with Crippen molar-refractivity contribution in [1.29, 1.82) is 5.26 Å². The second kappa shape index (κ2) is 7.58. The van der Waals surface area contributed by atoms with Gasteiger partial charge in [-0.3, -0.25) is 0 Å². The molecular weight excluding hydrogens is 300 g/mol. The van der Waals surface area contributed by atoms with Crippen LogP contribution in [-0.2, 0) is 0 Å². The lowest BCUT2D eigenvalue weighted by atomic mass is 10.2. The Morgan fingerprint density at radius 3 is 2.76 bits per heavy atom. The third-order valence-corrected chi connectivity index (χ3v) is 3.32. The second-order valence-electron chi connectivity index (χ2n) is 3.84. The normalized spacial score (nSPS) is 10.0. The predicted octanol–water partition coefficient (Wildman–Crippen LogP) is 4.62.